The first-order valence-corrected chi connectivity index (χ1v) is 6.44. The minimum atomic E-state index is -4.63. The van der Waals surface area contributed by atoms with Gasteiger partial charge >= 0.3 is 6.18 Å². The average Bonchev–Trinajstić information content (AvgIpc) is 2.77. The maximum absolute atomic E-state index is 13.3. The molecule has 1 fully saturated rings. The molecule has 0 bridgehead atoms. The molecule has 2 atom stereocenters. The van der Waals surface area contributed by atoms with Crippen LogP contribution < -0.4 is 5.32 Å². The van der Waals surface area contributed by atoms with E-state index in [1.54, 1.807) is 0 Å². The Morgan fingerprint density at radius 2 is 2.00 bits per heavy atom. The van der Waals surface area contributed by atoms with Gasteiger partial charge in [0.05, 0.1) is 5.56 Å². The lowest BCUT2D eigenvalue weighted by Crippen LogP contribution is -2.21. The molecule has 2 unspecified atom stereocenters. The lowest BCUT2D eigenvalue weighted by molar-refractivity contribution is -0.140. The van der Waals surface area contributed by atoms with Crippen molar-refractivity contribution in [2.75, 3.05) is 13.6 Å². The first-order chi connectivity index (χ1) is 8.93. The summed E-state index contributed by atoms with van der Waals surface area (Å²) < 4.78 is 51.4. The molecule has 5 heteroatoms. The standard InChI is InChI=1S/C14H17F4N/c1-19-8-10-3-2-4-11(10)9-5-6-13(15)12(7-9)14(16,17)18/h5-7,10-11,19H,2-4,8H2,1H3. The van der Waals surface area contributed by atoms with E-state index in [-0.39, 0.29) is 5.92 Å². The van der Waals surface area contributed by atoms with E-state index in [0.29, 0.717) is 11.5 Å². The molecule has 0 spiro atoms. The van der Waals surface area contributed by atoms with Crippen molar-refractivity contribution in [1.29, 1.82) is 0 Å². The Morgan fingerprint density at radius 3 is 2.63 bits per heavy atom. The minimum absolute atomic E-state index is 0.0918. The summed E-state index contributed by atoms with van der Waals surface area (Å²) in [6.07, 6.45) is -1.74. The van der Waals surface area contributed by atoms with Crippen LogP contribution in [0, 0.1) is 11.7 Å². The Hall–Kier alpha value is -1.10. The zero-order valence-corrected chi connectivity index (χ0v) is 10.7. The highest BCUT2D eigenvalue weighted by Crippen LogP contribution is 2.41. The molecule has 106 valence electrons. The number of hydrogen-bond acceptors (Lipinski definition) is 1. The monoisotopic (exact) mass is 275 g/mol. The molecule has 0 aromatic heterocycles. The molecule has 0 saturated heterocycles. The second kappa shape index (κ2) is 5.49. The fourth-order valence-electron chi connectivity index (χ4n) is 2.97. The third-order valence-corrected chi connectivity index (χ3v) is 3.85. The quantitative estimate of drug-likeness (QED) is 0.824. The molecular weight excluding hydrogens is 258 g/mol. The van der Waals surface area contributed by atoms with Crippen LogP contribution in [0.2, 0.25) is 0 Å². The SMILES string of the molecule is CNCC1CCCC1c1ccc(F)c(C(F)(F)F)c1. The van der Waals surface area contributed by atoms with Crippen molar-refractivity contribution in [3.63, 3.8) is 0 Å². The molecule has 1 N–H and O–H groups in total. The van der Waals surface area contributed by atoms with Crippen LogP contribution in [0.25, 0.3) is 0 Å². The van der Waals surface area contributed by atoms with Crippen LogP contribution in [0.4, 0.5) is 17.6 Å². The molecule has 19 heavy (non-hydrogen) atoms. The van der Waals surface area contributed by atoms with E-state index < -0.39 is 17.6 Å². The summed E-state index contributed by atoms with van der Waals surface area (Å²) in [7, 11) is 1.83. The van der Waals surface area contributed by atoms with Crippen molar-refractivity contribution in [2.24, 2.45) is 5.92 Å². The van der Waals surface area contributed by atoms with Gasteiger partial charge in [-0.3, -0.25) is 0 Å². The van der Waals surface area contributed by atoms with E-state index in [1.807, 2.05) is 7.05 Å². The van der Waals surface area contributed by atoms with Gasteiger partial charge in [-0.05, 0) is 56.0 Å². The minimum Gasteiger partial charge on any atom is -0.319 e. The molecule has 0 heterocycles. The normalized spacial score (nSPS) is 23.8. The van der Waals surface area contributed by atoms with Crippen LogP contribution in [-0.2, 0) is 6.18 Å². The highest BCUT2D eigenvalue weighted by molar-refractivity contribution is 5.30. The van der Waals surface area contributed by atoms with Crippen LogP contribution in [0.15, 0.2) is 18.2 Å². The van der Waals surface area contributed by atoms with Gasteiger partial charge in [-0.1, -0.05) is 12.5 Å². The van der Waals surface area contributed by atoms with Crippen LogP contribution in [0.3, 0.4) is 0 Å². The van der Waals surface area contributed by atoms with E-state index >= 15 is 0 Å². The molecule has 2 rings (SSSR count). The summed E-state index contributed by atoms with van der Waals surface area (Å²) >= 11 is 0. The Morgan fingerprint density at radius 1 is 1.26 bits per heavy atom. The number of halogens is 4. The molecule has 0 radical (unpaired) electrons. The Kier molecular flexibility index (Phi) is 4.13. The van der Waals surface area contributed by atoms with Gasteiger partial charge in [-0.25, -0.2) is 4.39 Å². The molecule has 1 aliphatic carbocycles. The zero-order valence-electron chi connectivity index (χ0n) is 10.7. The fourth-order valence-corrected chi connectivity index (χ4v) is 2.97. The van der Waals surface area contributed by atoms with Crippen LogP contribution in [0.1, 0.15) is 36.3 Å². The third kappa shape index (κ3) is 3.08. The number of hydrogen-bond donors (Lipinski definition) is 1. The van der Waals surface area contributed by atoms with Gasteiger partial charge in [0.15, 0.2) is 0 Å². The molecule has 0 amide bonds. The van der Waals surface area contributed by atoms with E-state index in [1.165, 1.54) is 6.07 Å². The fraction of sp³-hybridized carbons (Fsp3) is 0.571. The lowest BCUT2D eigenvalue weighted by Gasteiger charge is -2.21. The summed E-state index contributed by atoms with van der Waals surface area (Å²) in [6.45, 7) is 0.781. The predicted molar refractivity (Wildman–Crippen MR) is 65.4 cm³/mol. The van der Waals surface area contributed by atoms with Crippen molar-refractivity contribution in [3.05, 3.63) is 35.1 Å². The van der Waals surface area contributed by atoms with Crippen LogP contribution in [-0.4, -0.2) is 13.6 Å². The van der Waals surface area contributed by atoms with Crippen molar-refractivity contribution < 1.29 is 17.6 Å². The van der Waals surface area contributed by atoms with Gasteiger partial charge in [-0.2, -0.15) is 13.2 Å². The van der Waals surface area contributed by atoms with Gasteiger partial charge in [-0.15, -0.1) is 0 Å². The van der Waals surface area contributed by atoms with Crippen LogP contribution >= 0.6 is 0 Å². The molecule has 1 aliphatic rings. The number of rotatable bonds is 3. The first-order valence-electron chi connectivity index (χ1n) is 6.44. The summed E-state index contributed by atoms with van der Waals surface area (Å²) in [5, 5.41) is 3.07. The topological polar surface area (TPSA) is 12.0 Å². The Balaban J connectivity index is 2.30. The van der Waals surface area contributed by atoms with Gasteiger partial charge in [0.2, 0.25) is 0 Å². The second-order valence-corrected chi connectivity index (χ2v) is 5.09. The van der Waals surface area contributed by atoms with Crippen molar-refractivity contribution in [2.45, 2.75) is 31.4 Å². The summed E-state index contributed by atoms with van der Waals surface area (Å²) in [4.78, 5) is 0. The van der Waals surface area contributed by atoms with E-state index in [9.17, 15) is 17.6 Å². The lowest BCUT2D eigenvalue weighted by atomic mass is 9.88. The van der Waals surface area contributed by atoms with E-state index in [0.717, 1.165) is 37.9 Å². The summed E-state index contributed by atoms with van der Waals surface area (Å²) in [5.74, 6) is -0.773. The largest absolute Gasteiger partial charge is 0.419 e. The van der Waals surface area contributed by atoms with Gasteiger partial charge in [0, 0.05) is 0 Å². The molecule has 0 aliphatic heterocycles. The summed E-state index contributed by atoms with van der Waals surface area (Å²) in [5.41, 5.74) is -0.549. The van der Waals surface area contributed by atoms with Gasteiger partial charge in [0.25, 0.3) is 0 Å². The number of benzene rings is 1. The maximum atomic E-state index is 13.3. The van der Waals surface area contributed by atoms with Crippen molar-refractivity contribution in [1.82, 2.24) is 5.32 Å². The van der Waals surface area contributed by atoms with E-state index in [4.69, 9.17) is 0 Å². The Labute approximate surface area is 110 Å². The number of alkyl halides is 3. The highest BCUT2D eigenvalue weighted by Gasteiger charge is 2.36. The molecule has 1 saturated carbocycles. The van der Waals surface area contributed by atoms with Gasteiger partial charge < -0.3 is 5.32 Å². The first kappa shape index (κ1) is 14.3. The molecule has 1 nitrogen and oxygen atoms in total. The molecular formula is C14H17F4N. The summed E-state index contributed by atoms with van der Waals surface area (Å²) in [6, 6.07) is 3.41. The third-order valence-electron chi connectivity index (χ3n) is 3.85. The van der Waals surface area contributed by atoms with Crippen molar-refractivity contribution in [3.8, 4) is 0 Å². The second-order valence-electron chi connectivity index (χ2n) is 5.09. The van der Waals surface area contributed by atoms with Crippen molar-refractivity contribution >= 4 is 0 Å². The van der Waals surface area contributed by atoms with Gasteiger partial charge in [0.1, 0.15) is 5.82 Å². The highest BCUT2D eigenvalue weighted by atomic mass is 19.4. The smallest absolute Gasteiger partial charge is 0.319 e. The zero-order chi connectivity index (χ0) is 14.0. The Bertz CT molecular complexity index is 442. The maximum Gasteiger partial charge on any atom is 0.419 e. The van der Waals surface area contributed by atoms with Crippen LogP contribution in [0.5, 0.6) is 0 Å². The number of nitrogens with one attached hydrogen (secondary N) is 1. The molecule has 1 aromatic carbocycles. The predicted octanol–water partition coefficient (Wildman–Crippen LogP) is 3.95. The average molecular weight is 275 g/mol. The van der Waals surface area contributed by atoms with E-state index in [2.05, 4.69) is 5.32 Å². The molecule has 1 aromatic rings.